The lowest BCUT2D eigenvalue weighted by atomic mass is 10.0. The fourth-order valence-electron chi connectivity index (χ4n) is 2.92. The number of nitro groups is 2. The van der Waals surface area contributed by atoms with E-state index in [0.29, 0.717) is 11.1 Å². The summed E-state index contributed by atoms with van der Waals surface area (Å²) < 4.78 is 0. The van der Waals surface area contributed by atoms with Gasteiger partial charge in [0.05, 0.1) is 27.0 Å². The lowest BCUT2D eigenvalue weighted by molar-refractivity contribution is -0.394. The standard InChI is InChI=1S/C24H20N2O4/c1-17-3-7-19(8-4-17)11-13-21-15-22(14-12-20-9-5-18(2)6-10-20)24(26(29)30)16-23(21)25(27)28/h3-16H,1-2H3/b13-11+,14-12+. The van der Waals surface area contributed by atoms with Crippen molar-refractivity contribution in [3.8, 4) is 0 Å². The van der Waals surface area contributed by atoms with Crippen molar-refractivity contribution in [2.45, 2.75) is 13.8 Å². The van der Waals surface area contributed by atoms with Gasteiger partial charge in [-0.15, -0.1) is 0 Å². The molecule has 0 radical (unpaired) electrons. The van der Waals surface area contributed by atoms with Crippen LogP contribution in [0.15, 0.2) is 60.7 Å². The predicted octanol–water partition coefficient (Wildman–Crippen LogP) is 6.46. The second kappa shape index (κ2) is 8.96. The molecule has 0 heterocycles. The number of nitrogens with zero attached hydrogens (tertiary/aromatic N) is 2. The maximum absolute atomic E-state index is 11.5. The first kappa shape index (κ1) is 20.7. The van der Waals surface area contributed by atoms with Gasteiger partial charge in [-0.2, -0.15) is 0 Å². The molecule has 30 heavy (non-hydrogen) atoms. The first-order chi connectivity index (χ1) is 14.3. The van der Waals surface area contributed by atoms with E-state index >= 15 is 0 Å². The van der Waals surface area contributed by atoms with Crippen LogP contribution in [0.2, 0.25) is 0 Å². The van der Waals surface area contributed by atoms with Crippen LogP contribution in [0.4, 0.5) is 11.4 Å². The molecule has 0 aromatic heterocycles. The number of hydrogen-bond donors (Lipinski definition) is 0. The highest BCUT2D eigenvalue weighted by Crippen LogP contribution is 2.31. The first-order valence-corrected chi connectivity index (χ1v) is 9.30. The van der Waals surface area contributed by atoms with Gasteiger partial charge in [-0.05, 0) is 43.2 Å². The zero-order valence-electron chi connectivity index (χ0n) is 16.6. The molecule has 0 saturated carbocycles. The lowest BCUT2D eigenvalue weighted by Crippen LogP contribution is -1.98. The molecule has 3 aromatic rings. The first-order valence-electron chi connectivity index (χ1n) is 9.30. The maximum atomic E-state index is 11.5. The summed E-state index contributed by atoms with van der Waals surface area (Å²) in [5, 5.41) is 23.0. The van der Waals surface area contributed by atoms with Crippen molar-refractivity contribution in [3.63, 3.8) is 0 Å². The Kier molecular flexibility index (Phi) is 6.17. The maximum Gasteiger partial charge on any atom is 0.283 e. The van der Waals surface area contributed by atoms with Gasteiger partial charge in [0.25, 0.3) is 11.4 Å². The summed E-state index contributed by atoms with van der Waals surface area (Å²) >= 11 is 0. The van der Waals surface area contributed by atoms with E-state index in [9.17, 15) is 20.2 Å². The summed E-state index contributed by atoms with van der Waals surface area (Å²) in [6.45, 7) is 3.95. The minimum Gasteiger partial charge on any atom is -0.258 e. The molecule has 3 rings (SSSR count). The Labute approximate surface area is 174 Å². The molecule has 6 heteroatoms. The summed E-state index contributed by atoms with van der Waals surface area (Å²) in [7, 11) is 0. The molecule has 0 fully saturated rings. The van der Waals surface area contributed by atoms with Crippen LogP contribution in [0.5, 0.6) is 0 Å². The van der Waals surface area contributed by atoms with Crippen molar-refractivity contribution in [3.05, 3.63) is 114 Å². The molecule has 3 aromatic carbocycles. The van der Waals surface area contributed by atoms with E-state index in [0.717, 1.165) is 28.3 Å². The third kappa shape index (κ3) is 5.05. The minimum atomic E-state index is -0.602. The van der Waals surface area contributed by atoms with E-state index in [1.54, 1.807) is 24.3 Å². The highest BCUT2D eigenvalue weighted by molar-refractivity contribution is 5.81. The van der Waals surface area contributed by atoms with Crippen LogP contribution in [-0.2, 0) is 0 Å². The molecule has 0 aliphatic rings. The largest absolute Gasteiger partial charge is 0.283 e. The predicted molar refractivity (Wildman–Crippen MR) is 120 cm³/mol. The summed E-state index contributed by atoms with van der Waals surface area (Å²) in [5.41, 5.74) is 3.96. The van der Waals surface area contributed by atoms with Crippen molar-refractivity contribution < 1.29 is 9.85 Å². The molecule has 0 aliphatic carbocycles. The Hall–Kier alpha value is -4.06. The molecule has 0 bridgehead atoms. The van der Waals surface area contributed by atoms with Gasteiger partial charge in [-0.3, -0.25) is 20.2 Å². The fraction of sp³-hybridized carbons (Fsp3) is 0.0833. The smallest absolute Gasteiger partial charge is 0.258 e. The Morgan fingerprint density at radius 2 is 0.967 bits per heavy atom. The highest BCUT2D eigenvalue weighted by atomic mass is 16.6. The fourth-order valence-corrected chi connectivity index (χ4v) is 2.92. The zero-order chi connectivity index (χ0) is 21.7. The van der Waals surface area contributed by atoms with Gasteiger partial charge in [0.1, 0.15) is 0 Å². The lowest BCUT2D eigenvalue weighted by Gasteiger charge is -2.03. The van der Waals surface area contributed by atoms with Crippen molar-refractivity contribution >= 4 is 35.7 Å². The number of hydrogen-bond acceptors (Lipinski definition) is 4. The Morgan fingerprint density at radius 3 is 1.30 bits per heavy atom. The van der Waals surface area contributed by atoms with E-state index < -0.39 is 9.85 Å². The van der Waals surface area contributed by atoms with E-state index in [1.165, 1.54) is 6.07 Å². The summed E-state index contributed by atoms with van der Waals surface area (Å²) in [4.78, 5) is 21.8. The molecule has 0 spiro atoms. The van der Waals surface area contributed by atoms with Crippen molar-refractivity contribution in [1.29, 1.82) is 0 Å². The Bertz CT molecular complexity index is 1060. The molecule has 0 unspecified atom stereocenters. The van der Waals surface area contributed by atoms with Gasteiger partial charge in [0.15, 0.2) is 0 Å². The topological polar surface area (TPSA) is 86.3 Å². The summed E-state index contributed by atoms with van der Waals surface area (Å²) in [5.74, 6) is 0. The average molecular weight is 400 g/mol. The number of rotatable bonds is 6. The Balaban J connectivity index is 2.05. The highest BCUT2D eigenvalue weighted by Gasteiger charge is 2.22. The van der Waals surface area contributed by atoms with Crippen LogP contribution in [-0.4, -0.2) is 9.85 Å². The van der Waals surface area contributed by atoms with Gasteiger partial charge in [0, 0.05) is 0 Å². The van der Waals surface area contributed by atoms with Crippen molar-refractivity contribution in [2.75, 3.05) is 0 Å². The van der Waals surface area contributed by atoms with Crippen molar-refractivity contribution in [2.24, 2.45) is 0 Å². The van der Waals surface area contributed by atoms with Crippen molar-refractivity contribution in [1.82, 2.24) is 0 Å². The van der Waals surface area contributed by atoms with Gasteiger partial charge in [-0.25, -0.2) is 0 Å². The van der Waals surface area contributed by atoms with Crippen LogP contribution in [0, 0.1) is 34.1 Å². The number of benzene rings is 3. The third-order valence-corrected chi connectivity index (χ3v) is 4.63. The van der Waals surface area contributed by atoms with Crippen LogP contribution in [0.25, 0.3) is 24.3 Å². The molecule has 0 aliphatic heterocycles. The number of aryl methyl sites for hydroxylation is 2. The van der Waals surface area contributed by atoms with E-state index in [4.69, 9.17) is 0 Å². The zero-order valence-corrected chi connectivity index (χ0v) is 16.6. The molecule has 0 N–H and O–H groups in total. The van der Waals surface area contributed by atoms with Crippen LogP contribution < -0.4 is 0 Å². The SMILES string of the molecule is Cc1ccc(/C=C/c2cc(/C=C/c3ccc(C)cc3)c([N+](=O)[O-])cc2[N+](=O)[O-])cc1. The Morgan fingerprint density at radius 1 is 0.600 bits per heavy atom. The average Bonchev–Trinajstić information content (AvgIpc) is 2.72. The molecule has 0 amide bonds. The molecule has 0 atom stereocenters. The van der Waals surface area contributed by atoms with Gasteiger partial charge < -0.3 is 0 Å². The molecular weight excluding hydrogens is 380 g/mol. The van der Waals surface area contributed by atoms with Crippen LogP contribution in [0.1, 0.15) is 33.4 Å². The van der Waals surface area contributed by atoms with E-state index in [2.05, 4.69) is 0 Å². The molecule has 6 nitrogen and oxygen atoms in total. The third-order valence-electron chi connectivity index (χ3n) is 4.63. The monoisotopic (exact) mass is 400 g/mol. The second-order valence-electron chi connectivity index (χ2n) is 6.97. The normalized spacial score (nSPS) is 11.3. The molecule has 0 saturated heterocycles. The van der Waals surface area contributed by atoms with Gasteiger partial charge >= 0.3 is 0 Å². The van der Waals surface area contributed by atoms with Crippen LogP contribution >= 0.6 is 0 Å². The summed E-state index contributed by atoms with van der Waals surface area (Å²) in [6.07, 6.45) is 6.72. The van der Waals surface area contributed by atoms with E-state index in [-0.39, 0.29) is 11.4 Å². The quantitative estimate of drug-likeness (QED) is 0.270. The van der Waals surface area contributed by atoms with Gasteiger partial charge in [0.2, 0.25) is 0 Å². The van der Waals surface area contributed by atoms with E-state index in [1.807, 2.05) is 62.4 Å². The molecule has 150 valence electrons. The number of nitro benzene ring substituents is 2. The second-order valence-corrected chi connectivity index (χ2v) is 6.97. The summed E-state index contributed by atoms with van der Waals surface area (Å²) in [6, 6.07) is 17.9. The van der Waals surface area contributed by atoms with Crippen LogP contribution in [0.3, 0.4) is 0 Å². The molecular formula is C24H20N2O4. The van der Waals surface area contributed by atoms with Gasteiger partial charge in [-0.1, -0.05) is 71.8 Å². The minimum absolute atomic E-state index is 0.301.